The van der Waals surface area contributed by atoms with Gasteiger partial charge in [0.1, 0.15) is 24.3 Å². The molecular formula is C18H20FN5O4. The predicted molar refractivity (Wildman–Crippen MR) is 97.5 cm³/mol. The van der Waals surface area contributed by atoms with Crippen LogP contribution in [0, 0.1) is 0 Å². The van der Waals surface area contributed by atoms with E-state index in [0.29, 0.717) is 23.5 Å². The van der Waals surface area contributed by atoms with E-state index >= 15 is 0 Å². The molecule has 0 saturated carbocycles. The molecule has 0 spiro atoms. The summed E-state index contributed by atoms with van der Waals surface area (Å²) < 4.78 is 26.1. The molecule has 3 N–H and O–H groups in total. The molecule has 1 aliphatic rings. The maximum Gasteiger partial charge on any atom is 0.167 e. The van der Waals surface area contributed by atoms with E-state index in [-0.39, 0.29) is 0 Å². The number of aliphatic hydroxyl groups is 2. The summed E-state index contributed by atoms with van der Waals surface area (Å²) in [6.07, 6.45) is -2.48. The zero-order valence-corrected chi connectivity index (χ0v) is 15.1. The lowest BCUT2D eigenvalue weighted by atomic mass is 10.1. The number of methoxy groups -OCH3 is 1. The number of hydrogen-bond donors (Lipinski definition) is 3. The van der Waals surface area contributed by atoms with Crippen molar-refractivity contribution in [3.8, 4) is 5.75 Å². The van der Waals surface area contributed by atoms with Crippen molar-refractivity contribution in [2.45, 2.75) is 31.2 Å². The number of hydrogen-bond acceptors (Lipinski definition) is 8. The molecule has 4 rings (SSSR count). The number of aromatic nitrogens is 4. The Morgan fingerprint density at radius 1 is 1.32 bits per heavy atom. The predicted octanol–water partition coefficient (Wildman–Crippen LogP) is 1.04. The number of fused-ring (bicyclic) bond motifs is 1. The van der Waals surface area contributed by atoms with Gasteiger partial charge in [0.2, 0.25) is 0 Å². The molecule has 0 bridgehead atoms. The second-order valence-electron chi connectivity index (χ2n) is 6.43. The van der Waals surface area contributed by atoms with Crippen LogP contribution in [0.4, 0.5) is 10.2 Å². The van der Waals surface area contributed by atoms with Crippen LogP contribution < -0.4 is 10.1 Å². The van der Waals surface area contributed by atoms with E-state index in [9.17, 15) is 14.6 Å². The highest BCUT2D eigenvalue weighted by Crippen LogP contribution is 2.33. The summed E-state index contributed by atoms with van der Waals surface area (Å²) in [6, 6.07) is 7.61. The molecule has 1 aromatic carbocycles. The van der Waals surface area contributed by atoms with Crippen LogP contribution in [0.25, 0.3) is 11.2 Å². The molecule has 28 heavy (non-hydrogen) atoms. The van der Waals surface area contributed by atoms with Crippen LogP contribution in [0.1, 0.15) is 11.8 Å². The number of benzene rings is 1. The summed E-state index contributed by atoms with van der Waals surface area (Å²) in [5.74, 6) is 1.25. The number of alkyl halides is 1. The van der Waals surface area contributed by atoms with Crippen molar-refractivity contribution in [3.63, 3.8) is 0 Å². The van der Waals surface area contributed by atoms with E-state index in [1.165, 1.54) is 17.2 Å². The molecule has 2 aromatic heterocycles. The number of anilines is 1. The zero-order valence-electron chi connectivity index (χ0n) is 15.1. The summed E-state index contributed by atoms with van der Waals surface area (Å²) in [6.45, 7) is -0.0401. The van der Waals surface area contributed by atoms with E-state index in [1.54, 1.807) is 7.11 Å². The lowest BCUT2D eigenvalue weighted by Gasteiger charge is -2.16. The Balaban J connectivity index is 1.58. The van der Waals surface area contributed by atoms with Crippen LogP contribution in [0.5, 0.6) is 5.75 Å². The molecule has 1 saturated heterocycles. The summed E-state index contributed by atoms with van der Waals surface area (Å²) in [7, 11) is 1.61. The first-order chi connectivity index (χ1) is 13.6. The normalized spacial score (nSPS) is 24.6. The van der Waals surface area contributed by atoms with E-state index in [1.807, 2.05) is 24.3 Å². The van der Waals surface area contributed by atoms with E-state index in [2.05, 4.69) is 20.3 Å². The molecule has 0 amide bonds. The minimum Gasteiger partial charge on any atom is -0.497 e. The van der Waals surface area contributed by atoms with Crippen LogP contribution in [-0.2, 0) is 11.3 Å². The first kappa shape index (κ1) is 18.5. The molecule has 1 fully saturated rings. The van der Waals surface area contributed by atoms with Crippen LogP contribution in [0.15, 0.2) is 36.9 Å². The Bertz CT molecular complexity index is 968. The fourth-order valence-electron chi connectivity index (χ4n) is 3.22. The Hall–Kier alpha value is -2.82. The third-order valence-electron chi connectivity index (χ3n) is 4.69. The van der Waals surface area contributed by atoms with Gasteiger partial charge in [0.25, 0.3) is 0 Å². The van der Waals surface area contributed by atoms with Gasteiger partial charge in [0.05, 0.1) is 20.0 Å². The summed E-state index contributed by atoms with van der Waals surface area (Å²) in [5.41, 5.74) is 1.84. The standard InChI is InChI=1S/C18H20FN5O4/c1-27-11-4-2-3-10(5-11)6-20-16-14-17(22-8-21-16)24(9-23-14)18-15(26)13(19)12(7-25)28-18/h2-5,8-9,12-13,15,18,25-26H,6-7H2,1H3,(H,20,21,22)/t12-,13-,15-,18-/m1/s1. The quantitative estimate of drug-likeness (QED) is 0.573. The Morgan fingerprint density at radius 2 is 2.18 bits per heavy atom. The number of ether oxygens (including phenoxy) is 2. The molecule has 148 valence electrons. The number of imidazole rings is 1. The van der Waals surface area contributed by atoms with E-state index < -0.39 is 31.2 Å². The molecule has 0 radical (unpaired) electrons. The van der Waals surface area contributed by atoms with Crippen molar-refractivity contribution in [3.05, 3.63) is 42.5 Å². The lowest BCUT2D eigenvalue weighted by Crippen LogP contribution is -2.29. The van der Waals surface area contributed by atoms with Crippen LogP contribution in [0.2, 0.25) is 0 Å². The fraction of sp³-hybridized carbons (Fsp3) is 0.389. The molecule has 9 nitrogen and oxygen atoms in total. The van der Waals surface area contributed by atoms with Gasteiger partial charge in [0, 0.05) is 6.54 Å². The van der Waals surface area contributed by atoms with Gasteiger partial charge in [-0.15, -0.1) is 0 Å². The Morgan fingerprint density at radius 3 is 2.93 bits per heavy atom. The van der Waals surface area contributed by atoms with Gasteiger partial charge in [-0.3, -0.25) is 4.57 Å². The number of aliphatic hydroxyl groups excluding tert-OH is 2. The van der Waals surface area contributed by atoms with Gasteiger partial charge in [-0.05, 0) is 17.7 Å². The summed E-state index contributed by atoms with van der Waals surface area (Å²) in [4.78, 5) is 12.7. The average Bonchev–Trinajstić information content (AvgIpc) is 3.28. The van der Waals surface area contributed by atoms with Crippen molar-refractivity contribution in [2.24, 2.45) is 0 Å². The Labute approximate surface area is 159 Å². The molecule has 0 aliphatic carbocycles. The molecule has 3 heterocycles. The Kier molecular flexibility index (Phi) is 5.07. The molecule has 1 aliphatic heterocycles. The molecular weight excluding hydrogens is 369 g/mol. The third-order valence-corrected chi connectivity index (χ3v) is 4.69. The number of nitrogens with one attached hydrogen (secondary N) is 1. The van der Waals surface area contributed by atoms with Crippen molar-refractivity contribution in [1.29, 1.82) is 0 Å². The highest BCUT2D eigenvalue weighted by molar-refractivity contribution is 5.82. The SMILES string of the molecule is COc1cccc(CNc2ncnc3c2ncn3[C@@H]2O[C@H](CO)[C@@H](F)[C@H]2O)c1. The third kappa shape index (κ3) is 3.26. The maximum absolute atomic E-state index is 14.0. The van der Waals surface area contributed by atoms with Crippen molar-refractivity contribution >= 4 is 17.0 Å². The van der Waals surface area contributed by atoms with Gasteiger partial charge in [-0.2, -0.15) is 0 Å². The van der Waals surface area contributed by atoms with Crippen LogP contribution in [-0.4, -0.2) is 61.8 Å². The first-order valence-electron chi connectivity index (χ1n) is 8.75. The number of halogens is 1. The van der Waals surface area contributed by atoms with Crippen molar-refractivity contribution < 1.29 is 24.1 Å². The average molecular weight is 389 g/mol. The van der Waals surface area contributed by atoms with Gasteiger partial charge in [0.15, 0.2) is 29.4 Å². The minimum absolute atomic E-state index is 0.387. The van der Waals surface area contributed by atoms with Crippen molar-refractivity contribution in [2.75, 3.05) is 19.0 Å². The van der Waals surface area contributed by atoms with Gasteiger partial charge in [-0.25, -0.2) is 19.3 Å². The van der Waals surface area contributed by atoms with Gasteiger partial charge in [-0.1, -0.05) is 12.1 Å². The second kappa shape index (κ2) is 7.66. The van der Waals surface area contributed by atoms with Crippen LogP contribution >= 0.6 is 0 Å². The molecule has 3 aromatic rings. The van der Waals surface area contributed by atoms with Crippen molar-refractivity contribution in [1.82, 2.24) is 19.5 Å². The number of rotatable bonds is 6. The van der Waals surface area contributed by atoms with Gasteiger partial charge >= 0.3 is 0 Å². The molecule has 10 heteroatoms. The van der Waals surface area contributed by atoms with E-state index in [0.717, 1.165) is 11.3 Å². The molecule has 4 atom stereocenters. The second-order valence-corrected chi connectivity index (χ2v) is 6.43. The highest BCUT2D eigenvalue weighted by Gasteiger charge is 2.45. The monoisotopic (exact) mass is 389 g/mol. The summed E-state index contributed by atoms with van der Waals surface area (Å²) >= 11 is 0. The fourth-order valence-corrected chi connectivity index (χ4v) is 3.22. The lowest BCUT2D eigenvalue weighted by molar-refractivity contribution is -0.0495. The minimum atomic E-state index is -1.69. The largest absolute Gasteiger partial charge is 0.497 e. The van der Waals surface area contributed by atoms with E-state index in [4.69, 9.17) is 9.47 Å². The molecule has 0 unspecified atom stereocenters. The zero-order chi connectivity index (χ0) is 19.7. The van der Waals surface area contributed by atoms with Gasteiger partial charge < -0.3 is 25.0 Å². The maximum atomic E-state index is 14.0. The first-order valence-corrected chi connectivity index (χ1v) is 8.75. The number of nitrogens with zero attached hydrogens (tertiary/aromatic N) is 4. The smallest absolute Gasteiger partial charge is 0.167 e. The topological polar surface area (TPSA) is 115 Å². The van der Waals surface area contributed by atoms with Crippen LogP contribution in [0.3, 0.4) is 0 Å². The highest BCUT2D eigenvalue weighted by atomic mass is 19.1. The summed E-state index contributed by atoms with van der Waals surface area (Å²) in [5, 5.41) is 22.5.